The van der Waals surface area contributed by atoms with Crippen molar-refractivity contribution in [1.29, 1.82) is 0 Å². The molecule has 3 aromatic rings. The summed E-state index contributed by atoms with van der Waals surface area (Å²) in [6.07, 6.45) is -2.24. The quantitative estimate of drug-likeness (QED) is 0.437. The third-order valence-electron chi connectivity index (χ3n) is 7.11. The number of piperidine rings is 1. The highest BCUT2D eigenvalue weighted by atomic mass is 19.4. The highest BCUT2D eigenvalue weighted by Gasteiger charge is 2.37. The van der Waals surface area contributed by atoms with Gasteiger partial charge in [0.1, 0.15) is 11.3 Å². The highest BCUT2D eigenvalue weighted by Crippen LogP contribution is 2.39. The van der Waals surface area contributed by atoms with Crippen LogP contribution in [0.3, 0.4) is 0 Å². The number of ether oxygens (including phenoxy) is 1. The Bertz CT molecular complexity index is 1390. The number of anilines is 2. The van der Waals surface area contributed by atoms with Crippen molar-refractivity contribution in [2.24, 2.45) is 0 Å². The van der Waals surface area contributed by atoms with Crippen molar-refractivity contribution in [2.75, 3.05) is 32.5 Å². The van der Waals surface area contributed by atoms with Gasteiger partial charge in [-0.2, -0.15) is 23.2 Å². The third kappa shape index (κ3) is 6.35. The molecule has 12 heteroatoms. The lowest BCUT2D eigenvalue weighted by atomic mass is 10.0. The average molecular weight is 557 g/mol. The van der Waals surface area contributed by atoms with Crippen LogP contribution in [0.15, 0.2) is 42.6 Å². The standard InChI is InChI=1S/C28H31F3N6O3/c1-17-13-18(25(38)33-20-9-11-36(2)12-10-20)7-8-23(17)34-27-32-14-22(28(29,30)31)26(35-27)40-24-6-4-5-19-15-37(3)39-16-21(19)24/h4-8,13-14,20H,9-12,15-16H2,1-3H3,(H,33,38)(H,32,34,35). The number of fused-ring (bicyclic) bond motifs is 1. The lowest BCUT2D eigenvalue weighted by Gasteiger charge is -2.29. The lowest BCUT2D eigenvalue weighted by Crippen LogP contribution is -2.43. The molecule has 212 valence electrons. The van der Waals surface area contributed by atoms with E-state index in [1.54, 1.807) is 49.4 Å². The van der Waals surface area contributed by atoms with Crippen LogP contribution in [0.4, 0.5) is 24.8 Å². The number of alkyl halides is 3. The van der Waals surface area contributed by atoms with E-state index in [1.165, 1.54) is 0 Å². The van der Waals surface area contributed by atoms with Crippen molar-refractivity contribution in [3.05, 3.63) is 70.4 Å². The molecule has 1 saturated heterocycles. The number of carbonyl (C=O) groups is 1. The predicted octanol–water partition coefficient (Wildman–Crippen LogP) is 5.04. The van der Waals surface area contributed by atoms with E-state index in [0.29, 0.717) is 35.1 Å². The number of nitrogens with zero attached hydrogens (tertiary/aromatic N) is 4. The number of likely N-dealkylation sites (tertiary alicyclic amines) is 1. The second kappa shape index (κ2) is 11.4. The first kappa shape index (κ1) is 27.8. The molecular formula is C28H31F3N6O3. The molecule has 1 amide bonds. The summed E-state index contributed by atoms with van der Waals surface area (Å²) < 4.78 is 47.2. The number of hydroxylamine groups is 2. The summed E-state index contributed by atoms with van der Waals surface area (Å²) in [5.41, 5.74) is 2.22. The second-order valence-corrected chi connectivity index (χ2v) is 10.2. The fourth-order valence-electron chi connectivity index (χ4n) is 4.77. The minimum absolute atomic E-state index is 0.0737. The maximum absolute atomic E-state index is 13.8. The first-order chi connectivity index (χ1) is 19.1. The molecule has 9 nitrogen and oxygen atoms in total. The Morgan fingerprint density at radius 3 is 2.65 bits per heavy atom. The van der Waals surface area contributed by atoms with Gasteiger partial charge in [0.25, 0.3) is 5.91 Å². The molecule has 3 heterocycles. The number of halogens is 3. The van der Waals surface area contributed by atoms with Crippen LogP contribution in [0.1, 0.15) is 45.5 Å². The molecule has 5 rings (SSSR count). The van der Waals surface area contributed by atoms with Gasteiger partial charge < -0.3 is 20.3 Å². The van der Waals surface area contributed by atoms with Crippen LogP contribution >= 0.6 is 0 Å². The summed E-state index contributed by atoms with van der Waals surface area (Å²) >= 11 is 0. The molecule has 2 aliphatic rings. The maximum atomic E-state index is 13.8. The van der Waals surface area contributed by atoms with E-state index in [1.807, 2.05) is 6.07 Å². The molecular weight excluding hydrogens is 525 g/mol. The molecule has 0 radical (unpaired) electrons. The summed E-state index contributed by atoms with van der Waals surface area (Å²) in [5, 5.41) is 7.69. The van der Waals surface area contributed by atoms with Gasteiger partial charge in [-0.15, -0.1) is 0 Å². The predicted molar refractivity (Wildman–Crippen MR) is 142 cm³/mol. The molecule has 2 aromatic carbocycles. The molecule has 0 aliphatic carbocycles. The van der Waals surface area contributed by atoms with E-state index in [9.17, 15) is 18.0 Å². The largest absolute Gasteiger partial charge is 0.438 e. The molecule has 40 heavy (non-hydrogen) atoms. The Labute approximate surface area is 230 Å². The third-order valence-corrected chi connectivity index (χ3v) is 7.11. The van der Waals surface area contributed by atoms with Crippen LogP contribution < -0.4 is 15.4 Å². The highest BCUT2D eigenvalue weighted by molar-refractivity contribution is 5.95. The molecule has 0 spiro atoms. The van der Waals surface area contributed by atoms with Crippen LogP contribution in [0.2, 0.25) is 0 Å². The molecule has 0 bridgehead atoms. The molecule has 0 atom stereocenters. The lowest BCUT2D eigenvalue weighted by molar-refractivity contribution is -0.168. The summed E-state index contributed by atoms with van der Waals surface area (Å²) in [7, 11) is 3.84. The maximum Gasteiger partial charge on any atom is 0.423 e. The minimum Gasteiger partial charge on any atom is -0.438 e. The van der Waals surface area contributed by atoms with Crippen LogP contribution in [-0.2, 0) is 24.2 Å². The molecule has 2 aliphatic heterocycles. The topological polar surface area (TPSA) is 91.9 Å². The Kier molecular flexibility index (Phi) is 7.92. The normalized spacial score (nSPS) is 16.9. The van der Waals surface area contributed by atoms with Gasteiger partial charge in [0, 0.05) is 42.6 Å². The number of hydrogen-bond acceptors (Lipinski definition) is 8. The van der Waals surface area contributed by atoms with Gasteiger partial charge in [0.2, 0.25) is 11.8 Å². The van der Waals surface area contributed by atoms with Crippen molar-refractivity contribution in [1.82, 2.24) is 25.2 Å². The zero-order valence-electron chi connectivity index (χ0n) is 22.5. The van der Waals surface area contributed by atoms with Crippen molar-refractivity contribution in [3.8, 4) is 11.6 Å². The zero-order chi connectivity index (χ0) is 28.4. The van der Waals surface area contributed by atoms with Crippen molar-refractivity contribution in [3.63, 3.8) is 0 Å². The van der Waals surface area contributed by atoms with Crippen molar-refractivity contribution in [2.45, 2.75) is 45.1 Å². The number of aromatic nitrogens is 2. The number of rotatable bonds is 6. The Morgan fingerprint density at radius 2 is 1.93 bits per heavy atom. The van der Waals surface area contributed by atoms with E-state index >= 15 is 0 Å². The van der Waals surface area contributed by atoms with Crippen LogP contribution in [0.5, 0.6) is 11.6 Å². The van der Waals surface area contributed by atoms with Crippen LogP contribution in [0.25, 0.3) is 0 Å². The van der Waals surface area contributed by atoms with Crippen molar-refractivity contribution >= 4 is 17.5 Å². The first-order valence-electron chi connectivity index (χ1n) is 13.0. The monoisotopic (exact) mass is 556 g/mol. The summed E-state index contributed by atoms with van der Waals surface area (Å²) in [4.78, 5) is 28.5. The smallest absolute Gasteiger partial charge is 0.423 e. The number of nitrogens with one attached hydrogen (secondary N) is 2. The molecule has 1 aromatic heterocycles. The second-order valence-electron chi connectivity index (χ2n) is 10.2. The molecule has 1 fully saturated rings. The van der Waals surface area contributed by atoms with Gasteiger partial charge in [-0.1, -0.05) is 12.1 Å². The van der Waals surface area contributed by atoms with Gasteiger partial charge in [-0.05, 0) is 75.3 Å². The summed E-state index contributed by atoms with van der Waals surface area (Å²) in [5.74, 6) is -0.622. The summed E-state index contributed by atoms with van der Waals surface area (Å²) in [6, 6.07) is 10.4. The minimum atomic E-state index is -4.72. The fourth-order valence-corrected chi connectivity index (χ4v) is 4.77. The van der Waals surface area contributed by atoms with E-state index in [-0.39, 0.29) is 30.3 Å². The average Bonchev–Trinajstić information content (AvgIpc) is 2.90. The van der Waals surface area contributed by atoms with Gasteiger partial charge in [0.05, 0.1) is 6.61 Å². The fraction of sp³-hybridized carbons (Fsp3) is 0.393. The summed E-state index contributed by atoms with van der Waals surface area (Å²) in [6.45, 7) is 4.30. The SMILES string of the molecule is Cc1cc(C(=O)NC2CCN(C)CC2)ccc1Nc1ncc(C(F)(F)F)c(Oc2cccc3c2CON(C)C3)n1. The molecule has 0 saturated carbocycles. The number of carbonyl (C=O) groups excluding carboxylic acids is 1. The van der Waals surface area contributed by atoms with Gasteiger partial charge in [0.15, 0.2) is 0 Å². The van der Waals surface area contributed by atoms with Gasteiger partial charge >= 0.3 is 6.18 Å². The van der Waals surface area contributed by atoms with Crippen LogP contribution in [0, 0.1) is 6.92 Å². The number of amides is 1. The van der Waals surface area contributed by atoms with E-state index in [4.69, 9.17) is 9.57 Å². The Morgan fingerprint density at radius 1 is 1.15 bits per heavy atom. The van der Waals surface area contributed by atoms with E-state index < -0.39 is 17.6 Å². The van der Waals surface area contributed by atoms with E-state index in [2.05, 4.69) is 32.5 Å². The Hall–Kier alpha value is -3.74. The molecule has 2 N–H and O–H groups in total. The number of aryl methyl sites for hydroxylation is 1. The zero-order valence-corrected chi connectivity index (χ0v) is 22.5. The number of benzene rings is 2. The molecule has 0 unspecified atom stereocenters. The van der Waals surface area contributed by atoms with Crippen LogP contribution in [-0.4, -0.2) is 59.1 Å². The van der Waals surface area contributed by atoms with Gasteiger partial charge in [-0.25, -0.2) is 4.98 Å². The van der Waals surface area contributed by atoms with E-state index in [0.717, 1.165) is 31.5 Å². The first-order valence-corrected chi connectivity index (χ1v) is 13.0. The number of hydrogen-bond donors (Lipinski definition) is 2. The van der Waals surface area contributed by atoms with Gasteiger partial charge in [-0.3, -0.25) is 9.63 Å². The Balaban J connectivity index is 1.35. The van der Waals surface area contributed by atoms with Crippen molar-refractivity contribution < 1.29 is 27.5 Å².